The topological polar surface area (TPSA) is 12.0 Å². The number of piperidine rings is 1. The highest BCUT2D eigenvalue weighted by Gasteiger charge is 2.25. The number of benzene rings is 1. The quantitative estimate of drug-likeness (QED) is 0.864. The van der Waals surface area contributed by atoms with Crippen LogP contribution in [-0.2, 0) is 0 Å². The van der Waals surface area contributed by atoms with E-state index in [-0.39, 0.29) is 0 Å². The Morgan fingerprint density at radius 2 is 2.20 bits per heavy atom. The number of halogens is 1. The Kier molecular flexibility index (Phi) is 3.81. The summed E-state index contributed by atoms with van der Waals surface area (Å²) < 4.78 is 1.27. The van der Waals surface area contributed by atoms with Gasteiger partial charge in [-0.05, 0) is 43.0 Å². The second-order valence-corrected chi connectivity index (χ2v) is 5.14. The number of rotatable bonds is 2. The Hall–Kier alpha value is -0.340. The molecule has 0 saturated carbocycles. The minimum Gasteiger partial charge on any atom is -0.316 e. The molecule has 0 spiro atoms. The van der Waals surface area contributed by atoms with Gasteiger partial charge in [0.1, 0.15) is 0 Å². The Morgan fingerprint density at radius 3 is 2.93 bits per heavy atom. The first kappa shape index (κ1) is 11.2. The first-order valence-corrected chi connectivity index (χ1v) is 6.57. The van der Waals surface area contributed by atoms with Gasteiger partial charge in [-0.3, -0.25) is 0 Å². The van der Waals surface area contributed by atoms with Crippen molar-refractivity contribution in [3.05, 3.63) is 34.3 Å². The smallest absolute Gasteiger partial charge is 0.0210 e. The zero-order valence-electron chi connectivity index (χ0n) is 9.17. The second-order valence-electron chi connectivity index (χ2n) is 4.29. The molecule has 1 fully saturated rings. The van der Waals surface area contributed by atoms with Crippen LogP contribution in [0.15, 0.2) is 28.7 Å². The molecule has 1 aliphatic rings. The van der Waals surface area contributed by atoms with Gasteiger partial charge >= 0.3 is 0 Å². The van der Waals surface area contributed by atoms with Crippen LogP contribution in [0.2, 0.25) is 0 Å². The van der Waals surface area contributed by atoms with Crippen molar-refractivity contribution in [1.82, 2.24) is 5.32 Å². The minimum absolute atomic E-state index is 0.729. The molecule has 1 nitrogen and oxygen atoms in total. The van der Waals surface area contributed by atoms with Gasteiger partial charge in [-0.25, -0.2) is 0 Å². The number of hydrogen-bond acceptors (Lipinski definition) is 1. The van der Waals surface area contributed by atoms with E-state index in [9.17, 15) is 0 Å². The predicted octanol–water partition coefficient (Wildman–Crippen LogP) is 3.55. The number of nitrogens with one attached hydrogen (secondary N) is 1. The van der Waals surface area contributed by atoms with Crippen LogP contribution in [0.5, 0.6) is 0 Å². The molecule has 15 heavy (non-hydrogen) atoms. The van der Waals surface area contributed by atoms with Crippen molar-refractivity contribution in [2.45, 2.75) is 25.7 Å². The van der Waals surface area contributed by atoms with Gasteiger partial charge in [-0.15, -0.1) is 0 Å². The number of hydrogen-bond donors (Lipinski definition) is 1. The van der Waals surface area contributed by atoms with E-state index in [4.69, 9.17) is 0 Å². The average molecular weight is 268 g/mol. The molecular weight excluding hydrogens is 250 g/mol. The molecule has 1 aromatic carbocycles. The largest absolute Gasteiger partial charge is 0.316 e. The molecule has 1 aromatic rings. The van der Waals surface area contributed by atoms with Crippen molar-refractivity contribution in [3.63, 3.8) is 0 Å². The Labute approximate surface area is 100 Å². The normalized spacial score (nSPS) is 26.5. The first-order chi connectivity index (χ1) is 7.33. The fraction of sp³-hybridized carbons (Fsp3) is 0.538. The monoisotopic (exact) mass is 267 g/mol. The molecule has 0 aromatic heterocycles. The van der Waals surface area contributed by atoms with E-state index < -0.39 is 0 Å². The zero-order chi connectivity index (χ0) is 10.7. The van der Waals surface area contributed by atoms with Crippen molar-refractivity contribution >= 4 is 15.9 Å². The lowest BCUT2D eigenvalue weighted by Crippen LogP contribution is -2.35. The lowest BCUT2D eigenvalue weighted by atomic mass is 9.80. The van der Waals surface area contributed by atoms with Gasteiger partial charge < -0.3 is 5.32 Å². The third-order valence-corrected chi connectivity index (χ3v) is 4.16. The molecule has 82 valence electrons. The van der Waals surface area contributed by atoms with Gasteiger partial charge in [0.25, 0.3) is 0 Å². The van der Waals surface area contributed by atoms with Gasteiger partial charge in [0.05, 0.1) is 0 Å². The van der Waals surface area contributed by atoms with E-state index in [1.807, 2.05) is 0 Å². The van der Waals surface area contributed by atoms with Crippen LogP contribution in [0.4, 0.5) is 0 Å². The molecule has 0 bridgehead atoms. The van der Waals surface area contributed by atoms with Crippen molar-refractivity contribution < 1.29 is 0 Å². The van der Waals surface area contributed by atoms with Crippen LogP contribution in [0, 0.1) is 5.92 Å². The van der Waals surface area contributed by atoms with Crippen molar-refractivity contribution in [2.75, 3.05) is 13.1 Å². The maximum absolute atomic E-state index is 3.67. The molecule has 2 rings (SSSR count). The fourth-order valence-electron chi connectivity index (χ4n) is 2.54. The summed E-state index contributed by atoms with van der Waals surface area (Å²) in [5.74, 6) is 1.52. The summed E-state index contributed by atoms with van der Waals surface area (Å²) in [6.45, 7) is 4.62. The van der Waals surface area contributed by atoms with Gasteiger partial charge in [-0.1, -0.05) is 47.5 Å². The van der Waals surface area contributed by atoms with Crippen molar-refractivity contribution in [3.8, 4) is 0 Å². The third kappa shape index (κ3) is 2.43. The fourth-order valence-corrected chi connectivity index (χ4v) is 3.12. The Balaban J connectivity index is 2.24. The molecule has 1 saturated heterocycles. The molecule has 1 aliphatic heterocycles. The summed E-state index contributed by atoms with van der Waals surface area (Å²) in [5, 5.41) is 3.49. The molecule has 0 aliphatic carbocycles. The summed E-state index contributed by atoms with van der Waals surface area (Å²) >= 11 is 3.67. The SMILES string of the molecule is CCC1CNCCC1c1ccccc1Br. The van der Waals surface area contributed by atoms with E-state index in [2.05, 4.69) is 52.4 Å². The van der Waals surface area contributed by atoms with Crippen molar-refractivity contribution in [2.24, 2.45) is 5.92 Å². The van der Waals surface area contributed by atoms with Crippen LogP contribution in [0.25, 0.3) is 0 Å². The lowest BCUT2D eigenvalue weighted by molar-refractivity contribution is 0.317. The standard InChI is InChI=1S/C13H18BrN/c1-2-10-9-15-8-7-11(10)12-5-3-4-6-13(12)14/h3-6,10-11,15H,2,7-9H2,1H3. The van der Waals surface area contributed by atoms with Crippen LogP contribution < -0.4 is 5.32 Å². The summed E-state index contributed by atoms with van der Waals surface area (Å²) in [4.78, 5) is 0. The van der Waals surface area contributed by atoms with E-state index in [1.165, 1.54) is 29.4 Å². The van der Waals surface area contributed by atoms with Gasteiger partial charge in [-0.2, -0.15) is 0 Å². The summed E-state index contributed by atoms with van der Waals surface area (Å²) in [7, 11) is 0. The summed E-state index contributed by atoms with van der Waals surface area (Å²) in [5.41, 5.74) is 1.49. The maximum Gasteiger partial charge on any atom is 0.0210 e. The third-order valence-electron chi connectivity index (χ3n) is 3.44. The molecule has 1 heterocycles. The van der Waals surface area contributed by atoms with E-state index in [0.717, 1.165) is 18.4 Å². The minimum atomic E-state index is 0.729. The van der Waals surface area contributed by atoms with Crippen LogP contribution in [-0.4, -0.2) is 13.1 Å². The van der Waals surface area contributed by atoms with Crippen LogP contribution in [0.3, 0.4) is 0 Å². The summed E-state index contributed by atoms with van der Waals surface area (Å²) in [6, 6.07) is 8.66. The highest BCUT2D eigenvalue weighted by atomic mass is 79.9. The molecule has 0 radical (unpaired) electrons. The lowest BCUT2D eigenvalue weighted by Gasteiger charge is -2.32. The Morgan fingerprint density at radius 1 is 1.40 bits per heavy atom. The maximum atomic E-state index is 3.67. The Bertz CT molecular complexity index is 324. The molecule has 0 amide bonds. The van der Waals surface area contributed by atoms with Crippen LogP contribution >= 0.6 is 15.9 Å². The molecule has 2 unspecified atom stereocenters. The average Bonchev–Trinajstić information content (AvgIpc) is 2.30. The van der Waals surface area contributed by atoms with Crippen LogP contribution in [0.1, 0.15) is 31.2 Å². The second kappa shape index (κ2) is 5.13. The molecule has 2 atom stereocenters. The molecular formula is C13H18BrN. The molecule has 1 N–H and O–H groups in total. The highest BCUT2D eigenvalue weighted by molar-refractivity contribution is 9.10. The zero-order valence-corrected chi connectivity index (χ0v) is 10.8. The van der Waals surface area contributed by atoms with Gasteiger partial charge in [0.2, 0.25) is 0 Å². The van der Waals surface area contributed by atoms with E-state index in [1.54, 1.807) is 0 Å². The first-order valence-electron chi connectivity index (χ1n) is 5.78. The summed E-state index contributed by atoms with van der Waals surface area (Å²) in [6.07, 6.45) is 2.53. The molecule has 2 heteroatoms. The van der Waals surface area contributed by atoms with E-state index >= 15 is 0 Å². The van der Waals surface area contributed by atoms with Gasteiger partial charge in [0, 0.05) is 4.47 Å². The predicted molar refractivity (Wildman–Crippen MR) is 68.2 cm³/mol. The van der Waals surface area contributed by atoms with Gasteiger partial charge in [0.15, 0.2) is 0 Å². The van der Waals surface area contributed by atoms with Crippen molar-refractivity contribution in [1.29, 1.82) is 0 Å². The van der Waals surface area contributed by atoms with E-state index in [0.29, 0.717) is 0 Å². The highest BCUT2D eigenvalue weighted by Crippen LogP contribution is 2.35.